The molecule has 3 fully saturated rings. The normalized spacial score (nSPS) is 33.9. The van der Waals surface area contributed by atoms with Gasteiger partial charge >= 0.3 is 0 Å². The summed E-state index contributed by atoms with van der Waals surface area (Å²) in [4.78, 5) is 0. The van der Waals surface area contributed by atoms with Gasteiger partial charge in [0.1, 0.15) is 0 Å². The third kappa shape index (κ3) is 6.73. The summed E-state index contributed by atoms with van der Waals surface area (Å²) < 4.78 is 30.6. The van der Waals surface area contributed by atoms with Crippen molar-refractivity contribution in [1.29, 1.82) is 0 Å². The highest BCUT2D eigenvalue weighted by atomic mass is 16.7. The van der Waals surface area contributed by atoms with Crippen LogP contribution in [0, 0.1) is 23.7 Å². The van der Waals surface area contributed by atoms with E-state index in [1.807, 2.05) is 18.2 Å². The maximum atomic E-state index is 10.2. The molecule has 35 heavy (non-hydrogen) atoms. The minimum atomic E-state index is -0.0872. The fraction of sp³-hybridized carbons (Fsp3) is 0.724. The van der Waals surface area contributed by atoms with Crippen molar-refractivity contribution < 1.29 is 28.8 Å². The number of hydrogen-bond acceptors (Lipinski definition) is 6. The van der Waals surface area contributed by atoms with Gasteiger partial charge in [0.05, 0.1) is 32.5 Å². The predicted octanol–water partition coefficient (Wildman–Crippen LogP) is 4.85. The van der Waals surface area contributed by atoms with Crippen molar-refractivity contribution >= 4 is 0 Å². The maximum Gasteiger partial charge on any atom is 0.157 e. The van der Waals surface area contributed by atoms with Gasteiger partial charge in [-0.05, 0) is 68.8 Å². The van der Waals surface area contributed by atoms with E-state index < -0.39 is 0 Å². The smallest absolute Gasteiger partial charge is 0.157 e. The fourth-order valence-electron chi connectivity index (χ4n) is 6.25. The molecule has 4 aliphatic rings. The van der Waals surface area contributed by atoms with Gasteiger partial charge in [-0.1, -0.05) is 42.0 Å². The van der Waals surface area contributed by atoms with E-state index in [2.05, 4.69) is 18.2 Å². The summed E-state index contributed by atoms with van der Waals surface area (Å²) >= 11 is 0. The SMILES string of the molecule is OCC(COCc1ccccc1)C1=CC2C(C1)C[C@@H](OC1CCCCO1)[C@@H]2COC1CCCCO1. The van der Waals surface area contributed by atoms with Gasteiger partial charge in [-0.15, -0.1) is 0 Å². The minimum absolute atomic E-state index is 0.0496. The molecule has 1 saturated carbocycles. The Morgan fingerprint density at radius 3 is 2.46 bits per heavy atom. The molecule has 2 aliphatic heterocycles. The Kier molecular flexibility index (Phi) is 9.28. The molecule has 0 radical (unpaired) electrons. The largest absolute Gasteiger partial charge is 0.396 e. The molecule has 5 unspecified atom stereocenters. The van der Waals surface area contributed by atoms with Crippen molar-refractivity contribution in [2.24, 2.45) is 23.7 Å². The molecular formula is C29H42O6. The van der Waals surface area contributed by atoms with Crippen LogP contribution in [0.3, 0.4) is 0 Å². The number of ether oxygens (including phenoxy) is 5. The van der Waals surface area contributed by atoms with Crippen LogP contribution in [0.25, 0.3) is 0 Å². The number of fused-ring (bicyclic) bond motifs is 1. The molecule has 2 aliphatic carbocycles. The summed E-state index contributed by atoms with van der Waals surface area (Å²) in [6, 6.07) is 10.2. The first-order valence-electron chi connectivity index (χ1n) is 13.7. The van der Waals surface area contributed by atoms with Crippen LogP contribution in [0.1, 0.15) is 56.9 Å². The van der Waals surface area contributed by atoms with Gasteiger partial charge in [-0.3, -0.25) is 0 Å². The van der Waals surface area contributed by atoms with Gasteiger partial charge in [0, 0.05) is 25.0 Å². The van der Waals surface area contributed by atoms with Crippen molar-refractivity contribution in [1.82, 2.24) is 0 Å². The van der Waals surface area contributed by atoms with Gasteiger partial charge in [0.15, 0.2) is 12.6 Å². The van der Waals surface area contributed by atoms with E-state index in [4.69, 9.17) is 23.7 Å². The van der Waals surface area contributed by atoms with Crippen LogP contribution in [0.15, 0.2) is 42.0 Å². The zero-order valence-electron chi connectivity index (χ0n) is 20.9. The van der Waals surface area contributed by atoms with Gasteiger partial charge in [0.2, 0.25) is 0 Å². The molecule has 2 heterocycles. The van der Waals surface area contributed by atoms with Crippen LogP contribution in [0.4, 0.5) is 0 Å². The summed E-state index contributed by atoms with van der Waals surface area (Å²) in [6.07, 6.45) is 11.0. The van der Waals surface area contributed by atoms with Crippen molar-refractivity contribution in [3.8, 4) is 0 Å². The van der Waals surface area contributed by atoms with Crippen LogP contribution in [0.2, 0.25) is 0 Å². The highest BCUT2D eigenvalue weighted by Crippen LogP contribution is 2.50. The monoisotopic (exact) mass is 486 g/mol. The van der Waals surface area contributed by atoms with E-state index in [-0.39, 0.29) is 37.1 Å². The lowest BCUT2D eigenvalue weighted by molar-refractivity contribution is -0.211. The lowest BCUT2D eigenvalue weighted by Crippen LogP contribution is -2.35. The van der Waals surface area contributed by atoms with Gasteiger partial charge in [0.25, 0.3) is 0 Å². The molecule has 1 aromatic carbocycles. The summed E-state index contributed by atoms with van der Waals surface area (Å²) in [6.45, 7) is 3.49. The topological polar surface area (TPSA) is 66.4 Å². The van der Waals surface area contributed by atoms with Gasteiger partial charge in [-0.2, -0.15) is 0 Å². The van der Waals surface area contributed by atoms with Crippen molar-refractivity contribution in [2.75, 3.05) is 33.0 Å². The van der Waals surface area contributed by atoms with Gasteiger partial charge < -0.3 is 28.8 Å². The Hall–Kier alpha value is -1.28. The average Bonchev–Trinajstić information content (AvgIpc) is 3.45. The molecule has 6 heteroatoms. The number of aliphatic hydroxyl groups is 1. The predicted molar refractivity (Wildman–Crippen MR) is 132 cm³/mol. The first-order valence-corrected chi connectivity index (χ1v) is 13.7. The van der Waals surface area contributed by atoms with Crippen molar-refractivity contribution in [3.05, 3.63) is 47.5 Å². The second kappa shape index (κ2) is 12.8. The van der Waals surface area contributed by atoms with E-state index >= 15 is 0 Å². The van der Waals surface area contributed by atoms with Crippen LogP contribution in [0.5, 0.6) is 0 Å². The summed E-state index contributed by atoms with van der Waals surface area (Å²) in [5, 5.41) is 10.2. The van der Waals surface area contributed by atoms with Crippen molar-refractivity contribution in [2.45, 2.75) is 76.7 Å². The lowest BCUT2D eigenvalue weighted by Gasteiger charge is -2.31. The molecular weight excluding hydrogens is 444 g/mol. The Bertz CT molecular complexity index is 786. The quantitative estimate of drug-likeness (QED) is 0.451. The fourth-order valence-corrected chi connectivity index (χ4v) is 6.25. The highest BCUT2D eigenvalue weighted by molar-refractivity contribution is 5.21. The first-order chi connectivity index (χ1) is 17.3. The molecule has 6 nitrogen and oxygen atoms in total. The number of hydrogen-bond donors (Lipinski definition) is 1. The molecule has 0 amide bonds. The second-order valence-corrected chi connectivity index (χ2v) is 10.7. The molecule has 194 valence electrons. The van der Waals surface area contributed by atoms with Crippen molar-refractivity contribution in [3.63, 3.8) is 0 Å². The number of allylic oxidation sites excluding steroid dienone is 1. The molecule has 0 aromatic heterocycles. The second-order valence-electron chi connectivity index (χ2n) is 10.7. The number of aliphatic hydroxyl groups excluding tert-OH is 1. The molecule has 0 bridgehead atoms. The Morgan fingerprint density at radius 1 is 0.971 bits per heavy atom. The molecule has 2 saturated heterocycles. The third-order valence-corrected chi connectivity index (χ3v) is 8.21. The van der Waals surface area contributed by atoms with E-state index in [0.29, 0.717) is 31.7 Å². The van der Waals surface area contributed by atoms with E-state index in [1.54, 1.807) is 0 Å². The van der Waals surface area contributed by atoms with Crippen LogP contribution in [-0.2, 0) is 30.3 Å². The standard InChI is InChI=1S/C29H42O6/c30-17-24(19-31-18-21-8-2-1-3-9-21)22-14-23-16-27(35-29-11-5-7-13-33-29)26(25(23)15-22)20-34-28-10-4-6-12-32-28/h1-3,8-9,15,23-30H,4-7,10-14,16-20H2/t23?,24?,25?,26-,27-,28?,29?/m1/s1. The molecule has 0 spiro atoms. The van der Waals surface area contributed by atoms with E-state index in [1.165, 1.54) is 18.4 Å². The molecule has 7 atom stereocenters. The Labute approximate surface area is 209 Å². The average molecular weight is 487 g/mol. The summed E-state index contributed by atoms with van der Waals surface area (Å²) in [7, 11) is 0. The molecule has 1 aromatic rings. The maximum absolute atomic E-state index is 10.2. The Morgan fingerprint density at radius 2 is 1.74 bits per heavy atom. The lowest BCUT2D eigenvalue weighted by atomic mass is 9.92. The van der Waals surface area contributed by atoms with Crippen LogP contribution in [-0.4, -0.2) is 56.8 Å². The van der Waals surface area contributed by atoms with Gasteiger partial charge in [-0.25, -0.2) is 0 Å². The zero-order chi connectivity index (χ0) is 23.9. The first kappa shape index (κ1) is 25.4. The minimum Gasteiger partial charge on any atom is -0.396 e. The van der Waals surface area contributed by atoms with Crippen LogP contribution < -0.4 is 0 Å². The number of rotatable bonds is 11. The summed E-state index contributed by atoms with van der Waals surface area (Å²) in [5.41, 5.74) is 2.50. The Balaban J connectivity index is 1.21. The number of benzene rings is 1. The highest BCUT2D eigenvalue weighted by Gasteiger charge is 2.47. The van der Waals surface area contributed by atoms with E-state index in [0.717, 1.165) is 57.3 Å². The molecule has 5 rings (SSSR count). The zero-order valence-corrected chi connectivity index (χ0v) is 20.9. The summed E-state index contributed by atoms with van der Waals surface area (Å²) in [5.74, 6) is 1.28. The van der Waals surface area contributed by atoms with E-state index in [9.17, 15) is 5.11 Å². The third-order valence-electron chi connectivity index (χ3n) is 8.21. The molecule has 1 N–H and O–H groups in total. The van der Waals surface area contributed by atoms with Crippen LogP contribution >= 0.6 is 0 Å².